The molecule has 0 bridgehead atoms. The van der Waals surface area contributed by atoms with Crippen LogP contribution in [0.15, 0.2) is 54.1 Å². The number of carbonyl (C=O) groups is 4. The Balaban J connectivity index is 1.71. The molecule has 2 aromatic rings. The van der Waals surface area contributed by atoms with Crippen LogP contribution in [-0.2, 0) is 19.2 Å². The largest absolute Gasteiger partial charge is 0.427 e. The minimum Gasteiger partial charge on any atom is -0.427 e. The fourth-order valence-corrected chi connectivity index (χ4v) is 3.26. The van der Waals surface area contributed by atoms with Gasteiger partial charge in [-0.25, -0.2) is 4.90 Å². The Bertz CT molecular complexity index is 1040. The average molecular weight is 362 g/mol. The highest BCUT2D eigenvalue weighted by Crippen LogP contribution is 2.38. The topological polar surface area (TPSA) is 92.8 Å². The number of amides is 3. The minimum absolute atomic E-state index is 0.151. The number of anilines is 2. The maximum atomic E-state index is 12.9. The minimum atomic E-state index is -0.526. The first-order valence-electron chi connectivity index (χ1n) is 8.25. The van der Waals surface area contributed by atoms with Crippen LogP contribution < -0.4 is 15.0 Å². The van der Waals surface area contributed by atoms with E-state index in [4.69, 9.17) is 4.74 Å². The molecule has 1 N–H and O–H groups in total. The maximum absolute atomic E-state index is 12.9. The normalized spacial score (nSPS) is 18.6. The molecule has 2 heterocycles. The molecule has 2 aromatic carbocycles. The molecule has 2 aliphatic rings. The number of nitrogens with zero attached hydrogens (tertiary/aromatic N) is 1. The van der Waals surface area contributed by atoms with Gasteiger partial charge >= 0.3 is 5.97 Å². The van der Waals surface area contributed by atoms with E-state index in [9.17, 15) is 19.2 Å². The zero-order valence-corrected chi connectivity index (χ0v) is 14.3. The number of fused-ring (bicyclic) bond motifs is 1. The zero-order valence-electron chi connectivity index (χ0n) is 14.3. The second-order valence-electron chi connectivity index (χ2n) is 6.15. The van der Waals surface area contributed by atoms with Crippen molar-refractivity contribution in [2.45, 2.75) is 13.3 Å². The molecule has 3 amide bonds. The van der Waals surface area contributed by atoms with E-state index in [0.717, 1.165) is 4.90 Å². The molecule has 0 saturated carbocycles. The van der Waals surface area contributed by atoms with E-state index in [1.54, 1.807) is 24.3 Å². The second kappa shape index (κ2) is 6.21. The fourth-order valence-electron chi connectivity index (χ4n) is 3.26. The fraction of sp³-hybridized carbons (Fsp3) is 0.100. The van der Waals surface area contributed by atoms with Crippen molar-refractivity contribution in [1.29, 1.82) is 0 Å². The van der Waals surface area contributed by atoms with Gasteiger partial charge in [-0.15, -0.1) is 0 Å². The molecule has 0 atom stereocenters. The summed E-state index contributed by atoms with van der Waals surface area (Å²) in [5, 5.41) is 2.71. The lowest BCUT2D eigenvalue weighted by atomic mass is 10.00. The van der Waals surface area contributed by atoms with Crippen molar-refractivity contribution in [3.8, 4) is 5.75 Å². The van der Waals surface area contributed by atoms with Crippen molar-refractivity contribution in [1.82, 2.24) is 0 Å². The number of imide groups is 1. The number of benzene rings is 2. The van der Waals surface area contributed by atoms with E-state index in [2.05, 4.69) is 5.32 Å². The van der Waals surface area contributed by atoms with Crippen molar-refractivity contribution in [3.63, 3.8) is 0 Å². The molecule has 1 fully saturated rings. The Hall–Kier alpha value is -3.74. The molecule has 27 heavy (non-hydrogen) atoms. The van der Waals surface area contributed by atoms with Gasteiger partial charge in [0.25, 0.3) is 11.8 Å². The summed E-state index contributed by atoms with van der Waals surface area (Å²) < 4.78 is 4.95. The molecule has 7 heteroatoms. The van der Waals surface area contributed by atoms with Gasteiger partial charge in [-0.3, -0.25) is 19.2 Å². The van der Waals surface area contributed by atoms with Gasteiger partial charge in [0.05, 0.1) is 17.7 Å². The third-order valence-electron chi connectivity index (χ3n) is 4.37. The maximum Gasteiger partial charge on any atom is 0.308 e. The first kappa shape index (κ1) is 16.7. The highest BCUT2D eigenvalue weighted by atomic mass is 16.5. The van der Waals surface area contributed by atoms with E-state index in [-0.39, 0.29) is 23.5 Å². The van der Waals surface area contributed by atoms with Gasteiger partial charge in [-0.2, -0.15) is 0 Å². The van der Waals surface area contributed by atoms with Gasteiger partial charge in [-0.1, -0.05) is 18.2 Å². The van der Waals surface area contributed by atoms with E-state index in [0.29, 0.717) is 22.7 Å². The lowest BCUT2D eigenvalue weighted by Crippen LogP contribution is -2.29. The van der Waals surface area contributed by atoms with Crippen molar-refractivity contribution in [2.24, 2.45) is 0 Å². The van der Waals surface area contributed by atoms with Gasteiger partial charge in [-0.05, 0) is 30.3 Å². The Morgan fingerprint density at radius 2 is 1.74 bits per heavy atom. The summed E-state index contributed by atoms with van der Waals surface area (Å²) in [5.74, 6) is -1.48. The number of esters is 1. The number of carbonyl (C=O) groups excluding carboxylic acids is 4. The molecule has 2 aliphatic heterocycles. The highest BCUT2D eigenvalue weighted by molar-refractivity contribution is 6.40. The van der Waals surface area contributed by atoms with Crippen LogP contribution in [0.3, 0.4) is 0 Å². The molecule has 0 spiro atoms. The van der Waals surface area contributed by atoms with Crippen LogP contribution in [0.5, 0.6) is 5.75 Å². The van der Waals surface area contributed by atoms with E-state index in [1.807, 2.05) is 0 Å². The summed E-state index contributed by atoms with van der Waals surface area (Å²) in [4.78, 5) is 49.8. The predicted octanol–water partition coefficient (Wildman–Crippen LogP) is 2.28. The number of hydrogen-bond acceptors (Lipinski definition) is 5. The molecule has 134 valence electrons. The number of hydrogen-bond donors (Lipinski definition) is 1. The zero-order chi connectivity index (χ0) is 19.1. The first-order valence-corrected chi connectivity index (χ1v) is 8.25. The van der Waals surface area contributed by atoms with Crippen LogP contribution in [0.1, 0.15) is 18.9 Å². The average Bonchev–Trinajstić information content (AvgIpc) is 3.10. The van der Waals surface area contributed by atoms with Crippen LogP contribution in [0.2, 0.25) is 0 Å². The Kier molecular flexibility index (Phi) is 3.84. The molecular weight excluding hydrogens is 348 g/mol. The van der Waals surface area contributed by atoms with Gasteiger partial charge < -0.3 is 10.1 Å². The number of para-hydroxylation sites is 1. The Labute approximate surface area is 154 Å². The Morgan fingerprint density at radius 1 is 1.04 bits per heavy atom. The van der Waals surface area contributed by atoms with E-state index >= 15 is 0 Å². The van der Waals surface area contributed by atoms with Crippen molar-refractivity contribution >= 4 is 40.6 Å². The van der Waals surface area contributed by atoms with E-state index in [1.165, 1.54) is 31.2 Å². The van der Waals surface area contributed by atoms with Gasteiger partial charge in [0, 0.05) is 23.7 Å². The standard InChI is InChI=1S/C20H14N2O5/c1-11(23)27-13-8-6-12(7-9-13)22-17(24)10-15(20(22)26)18-14-4-2-3-5-16(14)21-19(18)25/h2-9H,10H2,1H3,(H,21,25). The monoisotopic (exact) mass is 362 g/mol. The third-order valence-corrected chi connectivity index (χ3v) is 4.37. The Morgan fingerprint density at radius 3 is 2.44 bits per heavy atom. The summed E-state index contributed by atoms with van der Waals surface area (Å²) in [6.07, 6.45) is -0.151. The third kappa shape index (κ3) is 2.79. The van der Waals surface area contributed by atoms with Gasteiger partial charge in [0.2, 0.25) is 5.91 Å². The van der Waals surface area contributed by atoms with E-state index < -0.39 is 17.8 Å². The lowest BCUT2D eigenvalue weighted by Gasteiger charge is -2.14. The molecule has 0 unspecified atom stereocenters. The van der Waals surface area contributed by atoms with Crippen molar-refractivity contribution < 1.29 is 23.9 Å². The smallest absolute Gasteiger partial charge is 0.308 e. The predicted molar refractivity (Wildman–Crippen MR) is 96.9 cm³/mol. The van der Waals surface area contributed by atoms with Crippen molar-refractivity contribution in [3.05, 3.63) is 59.7 Å². The quantitative estimate of drug-likeness (QED) is 0.383. The van der Waals surface area contributed by atoms with Crippen LogP contribution in [0.25, 0.3) is 5.57 Å². The molecule has 7 nitrogen and oxygen atoms in total. The van der Waals surface area contributed by atoms with Crippen LogP contribution in [0, 0.1) is 0 Å². The molecule has 0 aromatic heterocycles. The highest BCUT2D eigenvalue weighted by Gasteiger charge is 2.40. The summed E-state index contributed by atoms with van der Waals surface area (Å²) in [6.45, 7) is 1.28. The summed E-state index contributed by atoms with van der Waals surface area (Å²) in [6, 6.07) is 13.1. The molecule has 0 aliphatic carbocycles. The molecular formula is C20H14N2O5. The summed E-state index contributed by atoms with van der Waals surface area (Å²) in [5.41, 5.74) is 2.00. The van der Waals surface area contributed by atoms with Gasteiger partial charge in [0.15, 0.2) is 0 Å². The van der Waals surface area contributed by atoms with Crippen molar-refractivity contribution in [2.75, 3.05) is 10.2 Å². The van der Waals surface area contributed by atoms with Crippen LogP contribution >= 0.6 is 0 Å². The lowest BCUT2D eigenvalue weighted by molar-refractivity contribution is -0.132. The number of rotatable bonds is 2. The molecule has 4 rings (SSSR count). The van der Waals surface area contributed by atoms with Crippen LogP contribution in [0.4, 0.5) is 11.4 Å². The molecule has 0 radical (unpaired) electrons. The second-order valence-corrected chi connectivity index (χ2v) is 6.15. The number of ether oxygens (including phenoxy) is 1. The summed E-state index contributed by atoms with van der Waals surface area (Å²) in [7, 11) is 0. The first-order chi connectivity index (χ1) is 13.0. The number of nitrogens with one attached hydrogen (secondary N) is 1. The van der Waals surface area contributed by atoms with Crippen LogP contribution in [-0.4, -0.2) is 23.7 Å². The molecule has 1 saturated heterocycles. The van der Waals surface area contributed by atoms with Gasteiger partial charge in [0.1, 0.15) is 5.75 Å². The SMILES string of the molecule is CC(=O)Oc1ccc(N2C(=O)CC(=C3C(=O)Nc4ccccc43)C2=O)cc1. The summed E-state index contributed by atoms with van der Waals surface area (Å²) >= 11 is 0.